The van der Waals surface area contributed by atoms with Crippen LogP contribution in [0.1, 0.15) is 105 Å². The van der Waals surface area contributed by atoms with E-state index in [-0.39, 0.29) is 47.9 Å². The molecule has 1 radical (unpaired) electrons. The van der Waals surface area contributed by atoms with Gasteiger partial charge in [0.15, 0.2) is 5.78 Å². The molecule has 0 spiro atoms. The van der Waals surface area contributed by atoms with Crippen LogP contribution in [0.5, 0.6) is 0 Å². The zero-order valence-electron chi connectivity index (χ0n) is 32.6. The summed E-state index contributed by atoms with van der Waals surface area (Å²) >= 11 is 3.68. The maximum atomic E-state index is 12.2. The minimum Gasteiger partial charge on any atom is -0.512 e. The van der Waals surface area contributed by atoms with Crippen molar-refractivity contribution in [3.8, 4) is 21.0 Å². The van der Waals surface area contributed by atoms with E-state index in [2.05, 4.69) is 95.3 Å². The number of rotatable bonds is 9. The van der Waals surface area contributed by atoms with Gasteiger partial charge in [0.1, 0.15) is 12.1 Å². The van der Waals surface area contributed by atoms with Gasteiger partial charge in [-0.1, -0.05) is 110 Å². The Bertz CT molecular complexity index is 2230. The van der Waals surface area contributed by atoms with Crippen molar-refractivity contribution < 1.29 is 30.0 Å². The summed E-state index contributed by atoms with van der Waals surface area (Å²) in [6, 6.07) is 23.2. The molecule has 4 nitrogen and oxygen atoms in total. The predicted molar refractivity (Wildman–Crippen MR) is 221 cm³/mol. The van der Waals surface area contributed by atoms with Crippen molar-refractivity contribution in [3.63, 3.8) is 0 Å². The number of carbonyl (C=O) groups is 1. The van der Waals surface area contributed by atoms with Crippen LogP contribution in [0.15, 0.2) is 72.8 Å². The van der Waals surface area contributed by atoms with Gasteiger partial charge in [0, 0.05) is 61.9 Å². The van der Waals surface area contributed by atoms with Gasteiger partial charge in [-0.05, 0) is 67.5 Å². The summed E-state index contributed by atoms with van der Waals surface area (Å²) < 4.78 is 2.47. The molecule has 0 aliphatic heterocycles. The van der Waals surface area contributed by atoms with Gasteiger partial charge in [0.25, 0.3) is 0 Å². The van der Waals surface area contributed by atoms with Gasteiger partial charge in [0.05, 0.1) is 5.52 Å². The molecule has 0 fully saturated rings. The van der Waals surface area contributed by atoms with Gasteiger partial charge < -0.3 is 5.11 Å². The van der Waals surface area contributed by atoms with Crippen molar-refractivity contribution in [2.45, 2.75) is 107 Å². The second-order valence-corrected chi connectivity index (χ2v) is 17.4. The third-order valence-electron chi connectivity index (χ3n) is 11.2. The SMILES string of the molecule is CCC(C)(CC)C(=O)/C=C(\O)C(C)(CC)CC.Cc1c(-c2sc3c(-c4[c-]c5ccccc5c(C(C)(C)C)c4)ncnc3c2C)sc2ccccc12.[Ir]. The summed E-state index contributed by atoms with van der Waals surface area (Å²) in [5.74, 6) is 0.286. The minimum atomic E-state index is -0.337. The number of aromatic nitrogens is 2. The van der Waals surface area contributed by atoms with E-state index in [0.717, 1.165) is 52.5 Å². The molecular weight excluding hydrogens is 857 g/mol. The first-order valence-corrected chi connectivity index (χ1v) is 19.9. The molecule has 3 aromatic heterocycles. The minimum absolute atomic E-state index is 0. The molecule has 3 heterocycles. The molecule has 6 rings (SSSR count). The number of allylic oxidation sites excluding steroid dienone is 2. The quantitative estimate of drug-likeness (QED) is 0.0892. The van der Waals surface area contributed by atoms with Crippen molar-refractivity contribution >= 4 is 59.5 Å². The molecule has 0 atom stereocenters. The molecule has 1 N–H and O–H groups in total. The maximum absolute atomic E-state index is 12.2. The van der Waals surface area contributed by atoms with Crippen LogP contribution < -0.4 is 0 Å². The summed E-state index contributed by atoms with van der Waals surface area (Å²) in [5.41, 5.74) is 6.36. The molecule has 52 heavy (non-hydrogen) atoms. The predicted octanol–water partition coefficient (Wildman–Crippen LogP) is 13.8. The van der Waals surface area contributed by atoms with Crippen molar-refractivity contribution in [1.29, 1.82) is 0 Å². The van der Waals surface area contributed by atoms with Gasteiger partial charge in [-0.15, -0.1) is 51.8 Å². The Morgan fingerprint density at radius 2 is 1.37 bits per heavy atom. The number of carbonyl (C=O) groups excluding carboxylic acids is 1. The molecule has 3 aromatic carbocycles. The fourth-order valence-electron chi connectivity index (χ4n) is 6.48. The summed E-state index contributed by atoms with van der Waals surface area (Å²) in [6.45, 7) is 23.3. The number of aliphatic hydroxyl groups is 1. The van der Waals surface area contributed by atoms with Crippen LogP contribution in [-0.2, 0) is 30.3 Å². The van der Waals surface area contributed by atoms with Gasteiger partial charge in [-0.2, -0.15) is 0 Å². The van der Waals surface area contributed by atoms with E-state index in [0.29, 0.717) is 0 Å². The van der Waals surface area contributed by atoms with E-state index in [1.54, 1.807) is 6.33 Å². The Labute approximate surface area is 332 Å². The molecule has 0 saturated carbocycles. The fraction of sp³-hybridized carbons (Fsp3) is 0.400. The zero-order chi connectivity index (χ0) is 37.3. The second-order valence-electron chi connectivity index (χ2n) is 15.3. The molecule has 0 unspecified atom stereocenters. The third kappa shape index (κ3) is 7.99. The van der Waals surface area contributed by atoms with E-state index in [9.17, 15) is 9.90 Å². The van der Waals surface area contributed by atoms with Crippen LogP contribution in [0.2, 0.25) is 0 Å². The Morgan fingerprint density at radius 1 is 0.788 bits per heavy atom. The van der Waals surface area contributed by atoms with Crippen LogP contribution in [0.4, 0.5) is 0 Å². The number of hydrogen-bond donors (Lipinski definition) is 1. The van der Waals surface area contributed by atoms with Crippen molar-refractivity contribution in [2.75, 3.05) is 0 Å². The number of thiophene rings is 2. The second kappa shape index (κ2) is 16.4. The average molecular weight is 910 g/mol. The van der Waals surface area contributed by atoms with Crippen LogP contribution in [-0.4, -0.2) is 20.9 Å². The van der Waals surface area contributed by atoms with Crippen LogP contribution in [0, 0.1) is 30.7 Å². The van der Waals surface area contributed by atoms with Gasteiger partial charge >= 0.3 is 0 Å². The van der Waals surface area contributed by atoms with Crippen molar-refractivity contribution in [3.05, 3.63) is 95.5 Å². The standard InChI is InChI=1S/C30H25N2S2.C15H28O2.Ir/c1-17-21-11-8-9-13-24(21)33-27(17)28-18(2)25-29(34-28)26(32-16-31-25)20-14-19-10-6-7-12-22(19)23(15-20)30(3,4)5;1-7-14(5,8-2)12(16)11-13(17)15(6,9-3)10-4;/h6-13,15-16H,1-5H3;11,16H,7-10H2,1-6H3;/q-1;;/b;12-11-;. The first-order chi connectivity index (χ1) is 24.1. The Balaban J connectivity index is 0.000000289. The number of benzene rings is 3. The summed E-state index contributed by atoms with van der Waals surface area (Å²) in [5, 5.41) is 13.9. The first kappa shape index (κ1) is 41.5. The molecule has 0 aliphatic carbocycles. The number of hydrogen-bond acceptors (Lipinski definition) is 6. The Morgan fingerprint density at radius 3 is 1.96 bits per heavy atom. The number of aliphatic hydroxyl groups excluding tert-OH is 1. The van der Waals surface area contributed by atoms with Gasteiger partial charge in [-0.25, -0.2) is 4.98 Å². The van der Waals surface area contributed by atoms with Gasteiger partial charge in [0.2, 0.25) is 0 Å². The third-order valence-corrected chi connectivity index (χ3v) is 13.9. The molecule has 7 heteroatoms. The number of nitrogens with zero attached hydrogens (tertiary/aromatic N) is 2. The average Bonchev–Trinajstić information content (AvgIpc) is 3.65. The van der Waals surface area contributed by atoms with E-state index < -0.39 is 0 Å². The van der Waals surface area contributed by atoms with Crippen molar-refractivity contribution in [1.82, 2.24) is 9.97 Å². The molecule has 0 saturated heterocycles. The van der Waals surface area contributed by atoms with E-state index >= 15 is 0 Å². The first-order valence-electron chi connectivity index (χ1n) is 18.3. The van der Waals surface area contributed by atoms with Crippen LogP contribution in [0.3, 0.4) is 0 Å². The topological polar surface area (TPSA) is 63.1 Å². The van der Waals surface area contributed by atoms with E-state index in [4.69, 9.17) is 9.97 Å². The summed E-state index contributed by atoms with van der Waals surface area (Å²) in [7, 11) is 0. The number of ketones is 1. The normalized spacial score (nSPS) is 12.6. The summed E-state index contributed by atoms with van der Waals surface area (Å²) in [6.07, 6.45) is 6.46. The Kier molecular flexibility index (Phi) is 13.1. The smallest absolute Gasteiger partial charge is 0.164 e. The molecule has 0 bridgehead atoms. The zero-order valence-corrected chi connectivity index (χ0v) is 36.6. The number of fused-ring (bicyclic) bond motifs is 3. The largest absolute Gasteiger partial charge is 0.512 e. The van der Waals surface area contributed by atoms with E-state index in [1.165, 1.54) is 48.0 Å². The van der Waals surface area contributed by atoms with Crippen LogP contribution in [0.25, 0.3) is 52.1 Å². The van der Waals surface area contributed by atoms with Crippen molar-refractivity contribution in [2.24, 2.45) is 10.8 Å². The molecule has 0 amide bonds. The molecular formula is C45H53IrN2O2S2-. The molecule has 277 valence electrons. The maximum Gasteiger partial charge on any atom is 0.164 e. The fourth-order valence-corrected chi connectivity index (χ4v) is 9.20. The Hall–Kier alpha value is -3.22. The van der Waals surface area contributed by atoms with E-state index in [1.807, 2.05) is 64.2 Å². The summed E-state index contributed by atoms with van der Waals surface area (Å²) in [4.78, 5) is 24.3. The number of aryl methyl sites for hydroxylation is 2. The van der Waals surface area contributed by atoms with Gasteiger partial charge in [-0.3, -0.25) is 9.78 Å². The monoisotopic (exact) mass is 910 g/mol. The molecule has 6 aromatic rings. The van der Waals surface area contributed by atoms with Crippen LogP contribution >= 0.6 is 22.7 Å². The molecule has 0 aliphatic rings.